The zero-order chi connectivity index (χ0) is 39.0. The van der Waals surface area contributed by atoms with Crippen molar-refractivity contribution in [2.75, 3.05) is 6.54 Å². The predicted octanol–water partition coefficient (Wildman–Crippen LogP) is 4.50. The summed E-state index contributed by atoms with van der Waals surface area (Å²) < 4.78 is 53.3. The van der Waals surface area contributed by atoms with Crippen molar-refractivity contribution in [2.45, 2.75) is 128 Å². The summed E-state index contributed by atoms with van der Waals surface area (Å²) in [4.78, 5) is 83.7. The second-order valence-electron chi connectivity index (χ2n) is 16.0. The topological polar surface area (TPSA) is 174 Å². The fourth-order valence-electron chi connectivity index (χ4n) is 7.42. The van der Waals surface area contributed by atoms with Crippen molar-refractivity contribution in [3.63, 3.8) is 0 Å². The van der Waals surface area contributed by atoms with E-state index in [1.165, 1.54) is 22.8 Å². The molecule has 4 aliphatic rings. The number of carbonyl (C=O) groups is 6. The lowest BCUT2D eigenvalue weighted by atomic mass is 9.90. The Labute approximate surface area is 310 Å². The van der Waals surface area contributed by atoms with Crippen LogP contribution in [0, 0.1) is 23.1 Å². The quantitative estimate of drug-likeness (QED) is 0.198. The summed E-state index contributed by atoms with van der Waals surface area (Å²) in [7, 11) is -3.89. The first kappa shape index (κ1) is 40.1. The minimum absolute atomic E-state index is 0.0208. The number of amides is 3. The molecule has 13 nitrogen and oxygen atoms in total. The van der Waals surface area contributed by atoms with E-state index in [9.17, 15) is 41.6 Å². The molecule has 5 rings (SSSR count). The molecule has 53 heavy (non-hydrogen) atoms. The second kappa shape index (κ2) is 15.3. The molecule has 290 valence electrons. The fraction of sp³-hybridized carbons (Fsp3) is 0.632. The maximum Gasteiger partial charge on any atom is 0.410 e. The molecule has 0 radical (unpaired) electrons. The summed E-state index contributed by atoms with van der Waals surface area (Å²) in [5, 5.41) is -0.644. The summed E-state index contributed by atoms with van der Waals surface area (Å²) in [6.07, 6.45) is -1.04. The number of nitrogens with zero attached hydrogens (tertiary/aromatic N) is 2. The molecule has 1 saturated heterocycles. The average Bonchev–Trinajstić information content (AvgIpc) is 3.96. The van der Waals surface area contributed by atoms with Crippen LogP contribution in [0.4, 0.5) is 9.18 Å². The van der Waals surface area contributed by atoms with Crippen LogP contribution in [0.3, 0.4) is 0 Å². The third-order valence-corrected chi connectivity index (χ3v) is 12.4. The second-order valence-corrected chi connectivity index (χ2v) is 18.0. The van der Waals surface area contributed by atoms with E-state index in [4.69, 9.17) is 9.47 Å². The van der Waals surface area contributed by atoms with E-state index in [0.29, 0.717) is 30.4 Å². The number of likely N-dealkylation sites (tertiary alicyclic amines) is 1. The van der Waals surface area contributed by atoms with Gasteiger partial charge >= 0.3 is 12.1 Å². The summed E-state index contributed by atoms with van der Waals surface area (Å²) in [6.45, 7) is 11.9. The molecule has 2 aliphatic heterocycles. The molecule has 0 unspecified atom stereocenters. The number of Topliss-reactive ketones (excluding diaryl/α,β-unsaturated/α-hetero) is 2. The molecule has 15 heteroatoms. The molecule has 1 aromatic carbocycles. The zero-order valence-electron chi connectivity index (χ0n) is 31.1. The minimum atomic E-state index is -3.89. The maximum absolute atomic E-state index is 14.4. The highest BCUT2D eigenvalue weighted by Gasteiger charge is 2.61. The van der Waals surface area contributed by atoms with Crippen molar-refractivity contribution in [1.82, 2.24) is 14.5 Å². The number of ether oxygens (including phenoxy) is 2. The van der Waals surface area contributed by atoms with E-state index in [1.54, 1.807) is 32.9 Å². The van der Waals surface area contributed by atoms with Crippen LogP contribution in [-0.4, -0.2) is 83.2 Å². The van der Waals surface area contributed by atoms with Crippen molar-refractivity contribution in [2.24, 2.45) is 17.3 Å². The largest absolute Gasteiger partial charge is 0.460 e. The number of nitrogens with one attached hydrogen (secondary N) is 1. The smallest absolute Gasteiger partial charge is 0.410 e. The molecule has 5 atom stereocenters. The van der Waals surface area contributed by atoms with Gasteiger partial charge in [0.05, 0.1) is 36.2 Å². The highest BCUT2D eigenvalue weighted by molar-refractivity contribution is 7.90. The number of hydrogen-bond acceptors (Lipinski definition) is 10. The SMILES string of the molecule is C=C(C)C(=O)CC[C@H](CC(=O)OC(C)(C)C)C(=O)N1C[C@H](OC(=O)N2Cc3cccc(F)c3C2)C[C@H]1C(=O)C[C@]1(C(=O)NS(=O)(=O)C2CC2)C[C@H]1CC. The standard InChI is InChI=1S/C38H50FN3O10S/c1-7-25-17-38(25,35(47)40-53(49,50)27-12-13-27)18-32(44)30-16-26(51-36(48)41-19-24-9-8-10-29(39)28(24)21-41)20-42(30)34(46)23(11-14-31(43)22(2)3)15-33(45)52-37(4,5)6/h8-10,23,25-27,30H,2,7,11-21H2,1,3-6H3,(H,40,47)/t23-,25-,26-,30+,38-/m1/s1. The van der Waals surface area contributed by atoms with Gasteiger partial charge in [0.25, 0.3) is 0 Å². The van der Waals surface area contributed by atoms with E-state index in [0.717, 1.165) is 0 Å². The fourth-order valence-corrected chi connectivity index (χ4v) is 8.81. The van der Waals surface area contributed by atoms with Crippen molar-refractivity contribution >= 4 is 45.5 Å². The first-order chi connectivity index (χ1) is 24.7. The Morgan fingerprint density at radius 1 is 1.11 bits per heavy atom. The van der Waals surface area contributed by atoms with Crippen LogP contribution in [0.5, 0.6) is 0 Å². The van der Waals surface area contributed by atoms with Crippen LogP contribution in [0.1, 0.15) is 104 Å². The third kappa shape index (κ3) is 9.33. The van der Waals surface area contributed by atoms with Gasteiger partial charge in [0.2, 0.25) is 21.8 Å². The van der Waals surface area contributed by atoms with Crippen molar-refractivity contribution in [3.8, 4) is 0 Å². The molecule has 0 spiro atoms. The van der Waals surface area contributed by atoms with Crippen LogP contribution in [0.15, 0.2) is 30.4 Å². The molecule has 1 N–H and O–H groups in total. The number of halogens is 1. The molecule has 0 bridgehead atoms. The Morgan fingerprint density at radius 3 is 2.40 bits per heavy atom. The number of ketones is 2. The third-order valence-electron chi connectivity index (χ3n) is 10.6. The lowest BCUT2D eigenvalue weighted by molar-refractivity contribution is -0.159. The molecular weight excluding hydrogens is 709 g/mol. The van der Waals surface area contributed by atoms with Gasteiger partial charge in [-0.15, -0.1) is 0 Å². The number of rotatable bonds is 15. The molecule has 0 aromatic heterocycles. The summed E-state index contributed by atoms with van der Waals surface area (Å²) in [6, 6.07) is 3.38. The first-order valence-corrected chi connectivity index (χ1v) is 19.8. The lowest BCUT2D eigenvalue weighted by Crippen LogP contribution is -2.46. The Bertz CT molecular complexity index is 1800. The van der Waals surface area contributed by atoms with Crippen LogP contribution >= 0.6 is 0 Å². The van der Waals surface area contributed by atoms with Crippen LogP contribution in [-0.2, 0) is 56.6 Å². The number of allylic oxidation sites excluding steroid dienone is 1. The number of sulfonamides is 1. The van der Waals surface area contributed by atoms with Crippen LogP contribution in [0.25, 0.3) is 0 Å². The van der Waals surface area contributed by atoms with Crippen LogP contribution in [0.2, 0.25) is 0 Å². The Balaban J connectivity index is 1.39. The van der Waals surface area contributed by atoms with Gasteiger partial charge in [-0.05, 0) is 76.5 Å². The normalized spacial score (nSPS) is 24.2. The Hall–Kier alpha value is -4.14. The highest BCUT2D eigenvalue weighted by atomic mass is 32.2. The number of esters is 1. The van der Waals surface area contributed by atoms with Crippen molar-refractivity contribution in [3.05, 3.63) is 47.3 Å². The Kier molecular flexibility index (Phi) is 11.6. The number of hydrogen-bond donors (Lipinski definition) is 1. The van der Waals surface area contributed by atoms with Gasteiger partial charge in [0.15, 0.2) is 11.6 Å². The van der Waals surface area contributed by atoms with Crippen molar-refractivity contribution < 1.29 is 51.0 Å². The first-order valence-electron chi connectivity index (χ1n) is 18.3. The number of fused-ring (bicyclic) bond motifs is 1. The molecular formula is C38H50FN3O10S. The van der Waals surface area contributed by atoms with Gasteiger partial charge in [0, 0.05) is 37.3 Å². The number of carbonyl (C=O) groups excluding carboxylic acids is 6. The van der Waals surface area contributed by atoms with Gasteiger partial charge in [0.1, 0.15) is 17.5 Å². The van der Waals surface area contributed by atoms with Gasteiger partial charge in [-0.1, -0.05) is 32.1 Å². The molecule has 3 amide bonds. The van der Waals surface area contributed by atoms with Crippen molar-refractivity contribution in [1.29, 1.82) is 0 Å². The van der Waals surface area contributed by atoms with E-state index in [-0.39, 0.29) is 75.4 Å². The molecule has 2 aliphatic carbocycles. The average molecular weight is 760 g/mol. The molecule has 2 saturated carbocycles. The van der Waals surface area contributed by atoms with E-state index >= 15 is 0 Å². The van der Waals surface area contributed by atoms with E-state index < -0.39 is 79.8 Å². The van der Waals surface area contributed by atoms with Gasteiger partial charge in [-0.2, -0.15) is 0 Å². The molecule has 3 fully saturated rings. The molecule has 1 aromatic rings. The van der Waals surface area contributed by atoms with E-state index in [1.807, 2.05) is 6.92 Å². The van der Waals surface area contributed by atoms with E-state index in [2.05, 4.69) is 11.3 Å². The summed E-state index contributed by atoms with van der Waals surface area (Å²) >= 11 is 0. The minimum Gasteiger partial charge on any atom is -0.460 e. The summed E-state index contributed by atoms with van der Waals surface area (Å²) in [5.74, 6) is -4.66. The predicted molar refractivity (Wildman–Crippen MR) is 190 cm³/mol. The zero-order valence-corrected chi connectivity index (χ0v) is 31.9. The highest BCUT2D eigenvalue weighted by Crippen LogP contribution is 2.58. The van der Waals surface area contributed by atoms with Crippen LogP contribution < -0.4 is 4.72 Å². The summed E-state index contributed by atoms with van der Waals surface area (Å²) in [5.41, 5.74) is -0.858. The van der Waals surface area contributed by atoms with Gasteiger partial charge in [-0.25, -0.2) is 17.6 Å². The van der Waals surface area contributed by atoms with Gasteiger partial charge < -0.3 is 14.4 Å². The monoisotopic (exact) mass is 759 g/mol. The number of benzene rings is 1. The molecule has 2 heterocycles. The van der Waals surface area contributed by atoms with Gasteiger partial charge in [-0.3, -0.25) is 33.6 Å². The maximum atomic E-state index is 14.4. The lowest BCUT2D eigenvalue weighted by Gasteiger charge is -2.29. The Morgan fingerprint density at radius 2 is 1.81 bits per heavy atom.